The van der Waals surface area contributed by atoms with Gasteiger partial charge in [-0.2, -0.15) is 5.26 Å². The molecule has 238 valence electrons. The molecule has 0 aliphatic carbocycles. The van der Waals surface area contributed by atoms with Gasteiger partial charge in [0, 0.05) is 58.2 Å². The zero-order chi connectivity index (χ0) is 32.6. The Morgan fingerprint density at radius 2 is 1.74 bits per heavy atom. The summed E-state index contributed by atoms with van der Waals surface area (Å²) < 4.78 is 14.8. The van der Waals surface area contributed by atoms with Crippen LogP contribution < -0.4 is 21.6 Å². The number of piperidine rings is 1. The summed E-state index contributed by atoms with van der Waals surface area (Å²) in [5, 5.41) is 20.7. The van der Waals surface area contributed by atoms with E-state index in [9.17, 15) is 9.65 Å². The SMILES string of the molecule is CC(C)(C)N1CCC(N2C=C([C@@H](Nc3cc(Cl)c4ncc(C#N)c(Nc5cc(Cl)ccc5F)c4c3)c3ccc(Cl)cc3)NN2)CC1. The maximum absolute atomic E-state index is 14.8. The van der Waals surface area contributed by atoms with Crippen LogP contribution in [0.2, 0.25) is 15.1 Å². The van der Waals surface area contributed by atoms with Gasteiger partial charge in [-0.05, 0) is 81.6 Å². The number of hydrogen-bond acceptors (Lipinski definition) is 8. The maximum Gasteiger partial charge on any atom is 0.146 e. The smallest absolute Gasteiger partial charge is 0.146 e. The average Bonchev–Trinajstić information content (AvgIpc) is 3.52. The van der Waals surface area contributed by atoms with Crippen LogP contribution in [0.3, 0.4) is 0 Å². The number of likely N-dealkylation sites (tertiary alicyclic amines) is 1. The second-order valence-corrected chi connectivity index (χ2v) is 13.8. The number of hydrazine groups is 2. The Morgan fingerprint density at radius 3 is 2.43 bits per heavy atom. The first-order valence-electron chi connectivity index (χ1n) is 15.0. The quantitative estimate of drug-likeness (QED) is 0.155. The first kappa shape index (κ1) is 32.2. The molecule has 8 nitrogen and oxygen atoms in total. The van der Waals surface area contributed by atoms with Crippen LogP contribution >= 0.6 is 34.8 Å². The van der Waals surface area contributed by atoms with Gasteiger partial charge in [0.05, 0.1) is 39.2 Å². The number of pyridine rings is 1. The summed E-state index contributed by atoms with van der Waals surface area (Å²) in [6.07, 6.45) is 5.59. The highest BCUT2D eigenvalue weighted by Gasteiger charge is 2.32. The summed E-state index contributed by atoms with van der Waals surface area (Å²) in [6.45, 7) is 8.83. The molecule has 3 aromatic carbocycles. The first-order valence-corrected chi connectivity index (χ1v) is 16.2. The van der Waals surface area contributed by atoms with Crippen LogP contribution in [0.5, 0.6) is 0 Å². The van der Waals surface area contributed by atoms with Gasteiger partial charge in [0.15, 0.2) is 0 Å². The number of rotatable bonds is 7. The molecule has 4 aromatic rings. The van der Waals surface area contributed by atoms with E-state index in [0.29, 0.717) is 43.4 Å². The molecule has 1 aromatic heterocycles. The zero-order valence-corrected chi connectivity index (χ0v) is 27.9. The van der Waals surface area contributed by atoms with Crippen LogP contribution in [0.15, 0.2) is 72.7 Å². The lowest BCUT2D eigenvalue weighted by Gasteiger charge is -2.42. The lowest BCUT2D eigenvalue weighted by molar-refractivity contribution is 0.0570. The molecule has 3 heterocycles. The molecule has 6 rings (SSSR count). The van der Waals surface area contributed by atoms with Crippen molar-refractivity contribution in [3.8, 4) is 6.07 Å². The molecule has 2 aliphatic heterocycles. The van der Waals surface area contributed by atoms with E-state index in [2.05, 4.69) is 69.5 Å². The van der Waals surface area contributed by atoms with Crippen molar-refractivity contribution in [1.29, 1.82) is 5.26 Å². The van der Waals surface area contributed by atoms with Gasteiger partial charge < -0.3 is 16.1 Å². The molecule has 2 aliphatic rings. The van der Waals surface area contributed by atoms with Crippen LogP contribution in [-0.2, 0) is 0 Å². The number of benzene rings is 3. The number of anilines is 3. The topological polar surface area (TPSA) is 91.3 Å². The van der Waals surface area contributed by atoms with E-state index in [4.69, 9.17) is 34.8 Å². The van der Waals surface area contributed by atoms with Crippen molar-refractivity contribution in [3.63, 3.8) is 0 Å². The second-order valence-electron chi connectivity index (χ2n) is 12.5. The fourth-order valence-electron chi connectivity index (χ4n) is 5.95. The van der Waals surface area contributed by atoms with Gasteiger partial charge >= 0.3 is 0 Å². The van der Waals surface area contributed by atoms with Crippen molar-refractivity contribution >= 4 is 62.8 Å². The normalized spacial score (nSPS) is 16.6. The Hall–Kier alpha value is -3.78. The highest BCUT2D eigenvalue weighted by Crippen LogP contribution is 2.38. The molecule has 12 heteroatoms. The first-order chi connectivity index (χ1) is 22.0. The van der Waals surface area contributed by atoms with Gasteiger partial charge in [-0.15, -0.1) is 5.53 Å². The average molecular weight is 680 g/mol. The zero-order valence-electron chi connectivity index (χ0n) is 25.6. The van der Waals surface area contributed by atoms with Gasteiger partial charge in [0.1, 0.15) is 11.9 Å². The van der Waals surface area contributed by atoms with Gasteiger partial charge in [-0.25, -0.2) is 4.39 Å². The third kappa shape index (κ3) is 6.82. The van der Waals surface area contributed by atoms with Gasteiger partial charge in [0.25, 0.3) is 0 Å². The summed E-state index contributed by atoms with van der Waals surface area (Å²) in [5.41, 5.74) is 10.6. The van der Waals surface area contributed by atoms with Crippen molar-refractivity contribution < 1.29 is 4.39 Å². The summed E-state index contributed by atoms with van der Waals surface area (Å²) >= 11 is 19.2. The van der Waals surface area contributed by atoms with Crippen LogP contribution in [0.1, 0.15) is 50.8 Å². The minimum absolute atomic E-state index is 0.129. The van der Waals surface area contributed by atoms with Crippen molar-refractivity contribution in [2.24, 2.45) is 0 Å². The number of aromatic nitrogens is 1. The number of halogens is 4. The molecule has 46 heavy (non-hydrogen) atoms. The Bertz CT molecular complexity index is 1830. The summed E-state index contributed by atoms with van der Waals surface area (Å²) in [5.74, 6) is -0.512. The van der Waals surface area contributed by atoms with Gasteiger partial charge in [-0.1, -0.05) is 46.9 Å². The Balaban J connectivity index is 1.35. The van der Waals surface area contributed by atoms with Crippen molar-refractivity contribution in [2.45, 2.75) is 51.2 Å². The Morgan fingerprint density at radius 1 is 1.02 bits per heavy atom. The van der Waals surface area contributed by atoms with E-state index in [1.807, 2.05) is 30.3 Å². The third-order valence-electron chi connectivity index (χ3n) is 8.47. The molecule has 1 atom stereocenters. The number of fused-ring (bicyclic) bond motifs is 1. The highest BCUT2D eigenvalue weighted by molar-refractivity contribution is 6.36. The molecule has 0 bridgehead atoms. The fourth-order valence-corrected chi connectivity index (χ4v) is 6.52. The molecule has 4 N–H and O–H groups in total. The molecule has 0 saturated carbocycles. The predicted molar refractivity (Wildman–Crippen MR) is 185 cm³/mol. The largest absolute Gasteiger partial charge is 0.373 e. The predicted octanol–water partition coefficient (Wildman–Crippen LogP) is 8.53. The van der Waals surface area contributed by atoms with Crippen LogP contribution in [0.25, 0.3) is 10.9 Å². The maximum atomic E-state index is 14.8. The summed E-state index contributed by atoms with van der Waals surface area (Å²) in [7, 11) is 0. The van der Waals surface area contributed by atoms with E-state index in [-0.39, 0.29) is 22.8 Å². The molecule has 1 saturated heterocycles. The molecule has 0 radical (unpaired) electrons. The van der Waals surface area contributed by atoms with Gasteiger partial charge in [-0.3, -0.25) is 14.9 Å². The van der Waals surface area contributed by atoms with E-state index >= 15 is 0 Å². The standard InChI is InChI=1S/C34H34Cl3FN8/c1-34(2,3)45-12-10-25(11-13-45)46-19-30(43-44-46)32(20-4-6-22(35)7-5-20)41-24-15-26-31(42-29-14-23(36)8-9-28(29)38)21(17-39)18-40-33(26)27(37)16-24/h4-9,14-16,18-19,25,32,41,43-44H,10-13H2,1-3H3,(H,40,42)/t32-/m0/s1. The lowest BCUT2D eigenvalue weighted by atomic mass is 9.98. The van der Waals surface area contributed by atoms with E-state index in [1.54, 1.807) is 6.07 Å². The second kappa shape index (κ2) is 13.1. The van der Waals surface area contributed by atoms with E-state index in [0.717, 1.165) is 37.2 Å². The monoisotopic (exact) mass is 678 g/mol. The Kier molecular flexibility index (Phi) is 9.19. The van der Waals surface area contributed by atoms with Crippen LogP contribution in [-0.4, -0.2) is 39.6 Å². The molecule has 0 spiro atoms. The fraction of sp³-hybridized carbons (Fsp3) is 0.294. The molecular formula is C34H34Cl3FN8. The highest BCUT2D eigenvalue weighted by atomic mass is 35.5. The van der Waals surface area contributed by atoms with Crippen LogP contribution in [0.4, 0.5) is 21.5 Å². The Labute approximate surface area is 283 Å². The third-order valence-corrected chi connectivity index (χ3v) is 9.25. The number of nitrogens with one attached hydrogen (secondary N) is 4. The molecule has 0 amide bonds. The summed E-state index contributed by atoms with van der Waals surface area (Å²) in [6, 6.07) is 17.7. The van der Waals surface area contributed by atoms with E-state index < -0.39 is 5.82 Å². The van der Waals surface area contributed by atoms with Crippen LogP contribution in [0, 0.1) is 17.1 Å². The lowest BCUT2D eigenvalue weighted by Crippen LogP contribution is -2.52. The van der Waals surface area contributed by atoms with Gasteiger partial charge in [0.2, 0.25) is 0 Å². The molecule has 1 fully saturated rings. The molecule has 0 unspecified atom stereocenters. The van der Waals surface area contributed by atoms with Crippen molar-refractivity contribution in [3.05, 3.63) is 105 Å². The number of nitrogens with zero attached hydrogens (tertiary/aromatic N) is 4. The summed E-state index contributed by atoms with van der Waals surface area (Å²) in [4.78, 5) is 6.96. The number of hydrogen-bond donors (Lipinski definition) is 4. The van der Waals surface area contributed by atoms with Crippen molar-refractivity contribution in [2.75, 3.05) is 23.7 Å². The van der Waals surface area contributed by atoms with Crippen molar-refractivity contribution in [1.82, 2.24) is 25.9 Å². The minimum atomic E-state index is -0.512. The molecular weight excluding hydrogens is 646 g/mol. The number of nitriles is 1. The minimum Gasteiger partial charge on any atom is -0.373 e. The van der Waals surface area contributed by atoms with E-state index in [1.165, 1.54) is 24.4 Å².